The third-order valence-corrected chi connectivity index (χ3v) is 4.46. The number of anilines is 1. The average molecular weight is 414 g/mol. The van der Waals surface area contributed by atoms with Gasteiger partial charge in [-0.05, 0) is 43.7 Å². The van der Waals surface area contributed by atoms with E-state index in [9.17, 15) is 4.79 Å². The highest BCUT2D eigenvalue weighted by Gasteiger charge is 2.08. The molecule has 0 radical (unpaired) electrons. The molecule has 0 aliphatic carbocycles. The van der Waals surface area contributed by atoms with E-state index in [1.54, 1.807) is 6.26 Å². The maximum Gasteiger partial charge on any atom is 0.319 e. The average Bonchev–Trinajstić information content (AvgIpc) is 3.08. The molecule has 0 saturated heterocycles. The molecule has 0 aliphatic rings. The van der Waals surface area contributed by atoms with Crippen molar-refractivity contribution in [2.24, 2.45) is 0 Å². The van der Waals surface area contributed by atoms with Gasteiger partial charge < -0.3 is 15.1 Å². The Kier molecular flexibility index (Phi) is 5.73. The number of urea groups is 1. The van der Waals surface area contributed by atoms with E-state index in [1.165, 1.54) is 5.56 Å². The quantitative estimate of drug-likeness (QED) is 0.612. The first-order valence-corrected chi connectivity index (χ1v) is 9.13. The molecule has 0 fully saturated rings. The van der Waals surface area contributed by atoms with Gasteiger partial charge in [0.1, 0.15) is 6.26 Å². The first-order chi connectivity index (χ1) is 12.5. The van der Waals surface area contributed by atoms with Crippen molar-refractivity contribution in [3.8, 4) is 11.5 Å². The van der Waals surface area contributed by atoms with Gasteiger partial charge in [0.25, 0.3) is 0 Å². The molecule has 5 nitrogen and oxygen atoms in total. The fourth-order valence-electron chi connectivity index (χ4n) is 2.45. The monoisotopic (exact) mass is 413 g/mol. The summed E-state index contributed by atoms with van der Waals surface area (Å²) >= 11 is 3.40. The van der Waals surface area contributed by atoms with Gasteiger partial charge in [0.05, 0.1) is 5.69 Å². The second kappa shape index (κ2) is 8.19. The van der Waals surface area contributed by atoms with Gasteiger partial charge in [0.2, 0.25) is 5.89 Å². The minimum Gasteiger partial charge on any atom is -0.444 e. The van der Waals surface area contributed by atoms with Crippen LogP contribution in [0.4, 0.5) is 10.5 Å². The normalized spacial score (nSPS) is 10.6. The highest BCUT2D eigenvalue weighted by molar-refractivity contribution is 9.10. The molecule has 134 valence electrons. The van der Waals surface area contributed by atoms with Crippen molar-refractivity contribution in [1.82, 2.24) is 10.3 Å². The molecule has 2 N–H and O–H groups in total. The molecule has 3 rings (SSSR count). The molecule has 1 heterocycles. The Morgan fingerprint density at radius 1 is 1.15 bits per heavy atom. The molecular formula is C20H20BrN3O2. The number of carbonyl (C=O) groups excluding carboxylic acids is 1. The second-order valence-corrected chi connectivity index (χ2v) is 7.02. The smallest absolute Gasteiger partial charge is 0.319 e. The van der Waals surface area contributed by atoms with Crippen molar-refractivity contribution in [3.05, 3.63) is 70.0 Å². The van der Waals surface area contributed by atoms with E-state index >= 15 is 0 Å². The fourth-order valence-corrected chi connectivity index (χ4v) is 2.81. The fraction of sp³-hybridized carbons (Fsp3) is 0.200. The molecule has 3 aromatic rings. The summed E-state index contributed by atoms with van der Waals surface area (Å²) in [6, 6.07) is 13.5. The first-order valence-electron chi connectivity index (χ1n) is 8.34. The molecule has 26 heavy (non-hydrogen) atoms. The number of benzene rings is 2. The number of aromatic nitrogens is 1. The lowest BCUT2D eigenvalue weighted by molar-refractivity contribution is 0.252. The maximum atomic E-state index is 12.0. The Morgan fingerprint density at radius 2 is 1.92 bits per heavy atom. The Hall–Kier alpha value is -2.60. The number of halogens is 1. The lowest BCUT2D eigenvalue weighted by Crippen LogP contribution is -2.30. The molecule has 2 aromatic carbocycles. The SMILES string of the molecule is Cc1ccc(-c2nc(CCNC(=O)Nc3cc(Br)ccc3C)co2)cc1. The van der Waals surface area contributed by atoms with Gasteiger partial charge in [-0.15, -0.1) is 0 Å². The molecular weight excluding hydrogens is 394 g/mol. The summed E-state index contributed by atoms with van der Waals surface area (Å²) in [7, 11) is 0. The Morgan fingerprint density at radius 3 is 2.69 bits per heavy atom. The molecule has 1 aromatic heterocycles. The number of aryl methyl sites for hydroxylation is 2. The van der Waals surface area contributed by atoms with E-state index in [0.29, 0.717) is 18.9 Å². The predicted molar refractivity (Wildman–Crippen MR) is 106 cm³/mol. The first kappa shape index (κ1) is 18.2. The third kappa shape index (κ3) is 4.73. The van der Waals surface area contributed by atoms with Crippen LogP contribution in [-0.4, -0.2) is 17.6 Å². The van der Waals surface area contributed by atoms with Gasteiger partial charge in [0, 0.05) is 28.7 Å². The van der Waals surface area contributed by atoms with Crippen LogP contribution in [0.5, 0.6) is 0 Å². The number of oxazole rings is 1. The summed E-state index contributed by atoms with van der Waals surface area (Å²) in [5.74, 6) is 0.592. The number of hydrogen-bond donors (Lipinski definition) is 2. The molecule has 0 saturated carbocycles. The topological polar surface area (TPSA) is 67.2 Å². The summed E-state index contributed by atoms with van der Waals surface area (Å²) < 4.78 is 6.45. The van der Waals surface area contributed by atoms with Gasteiger partial charge in [-0.1, -0.05) is 39.7 Å². The summed E-state index contributed by atoms with van der Waals surface area (Å²) in [5.41, 5.74) is 4.72. The van der Waals surface area contributed by atoms with E-state index in [2.05, 4.69) is 31.5 Å². The van der Waals surface area contributed by atoms with Crippen LogP contribution in [0.25, 0.3) is 11.5 Å². The summed E-state index contributed by atoms with van der Waals surface area (Å²) in [5, 5.41) is 5.69. The van der Waals surface area contributed by atoms with Crippen molar-refractivity contribution >= 4 is 27.6 Å². The lowest BCUT2D eigenvalue weighted by atomic mass is 10.1. The summed E-state index contributed by atoms with van der Waals surface area (Å²) in [4.78, 5) is 16.5. The van der Waals surface area contributed by atoms with Crippen LogP contribution < -0.4 is 10.6 Å². The Bertz CT molecular complexity index is 904. The standard InChI is InChI=1S/C20H20BrN3O2/c1-13-3-6-15(7-4-13)19-23-17(12-26-19)9-10-22-20(25)24-18-11-16(21)8-5-14(18)2/h3-8,11-12H,9-10H2,1-2H3,(H2,22,24,25). The van der Waals surface area contributed by atoms with Crippen LogP contribution in [0.3, 0.4) is 0 Å². The van der Waals surface area contributed by atoms with Crippen LogP contribution in [0, 0.1) is 13.8 Å². The number of hydrogen-bond acceptors (Lipinski definition) is 3. The van der Waals surface area contributed by atoms with E-state index in [1.807, 2.05) is 56.3 Å². The van der Waals surface area contributed by atoms with E-state index in [-0.39, 0.29) is 6.03 Å². The van der Waals surface area contributed by atoms with Gasteiger partial charge in [-0.3, -0.25) is 0 Å². The zero-order valence-corrected chi connectivity index (χ0v) is 16.3. The van der Waals surface area contributed by atoms with Crippen molar-refractivity contribution in [3.63, 3.8) is 0 Å². The van der Waals surface area contributed by atoms with Crippen LogP contribution >= 0.6 is 15.9 Å². The summed E-state index contributed by atoms with van der Waals surface area (Å²) in [6.07, 6.45) is 2.23. The molecule has 0 bridgehead atoms. The minimum absolute atomic E-state index is 0.242. The third-order valence-electron chi connectivity index (χ3n) is 3.96. The van der Waals surface area contributed by atoms with Crippen LogP contribution in [0.2, 0.25) is 0 Å². The number of nitrogens with zero attached hydrogens (tertiary/aromatic N) is 1. The van der Waals surface area contributed by atoms with E-state index in [4.69, 9.17) is 4.42 Å². The number of amides is 2. The van der Waals surface area contributed by atoms with Gasteiger partial charge >= 0.3 is 6.03 Å². The highest BCUT2D eigenvalue weighted by Crippen LogP contribution is 2.21. The molecule has 0 spiro atoms. The Balaban J connectivity index is 1.51. The molecule has 6 heteroatoms. The van der Waals surface area contributed by atoms with Gasteiger partial charge in [0.15, 0.2) is 0 Å². The van der Waals surface area contributed by atoms with Crippen LogP contribution in [0.1, 0.15) is 16.8 Å². The predicted octanol–water partition coefficient (Wildman–Crippen LogP) is 5.09. The Labute approximate surface area is 161 Å². The molecule has 0 unspecified atom stereocenters. The minimum atomic E-state index is -0.242. The summed E-state index contributed by atoms with van der Waals surface area (Å²) in [6.45, 7) is 4.46. The number of nitrogens with one attached hydrogen (secondary N) is 2. The lowest BCUT2D eigenvalue weighted by Gasteiger charge is -2.09. The van der Waals surface area contributed by atoms with E-state index < -0.39 is 0 Å². The highest BCUT2D eigenvalue weighted by atomic mass is 79.9. The molecule has 0 aliphatic heterocycles. The zero-order valence-electron chi connectivity index (χ0n) is 14.7. The van der Waals surface area contributed by atoms with Crippen molar-refractivity contribution in [2.45, 2.75) is 20.3 Å². The van der Waals surface area contributed by atoms with Gasteiger partial charge in [-0.25, -0.2) is 9.78 Å². The van der Waals surface area contributed by atoms with Crippen molar-refractivity contribution in [1.29, 1.82) is 0 Å². The second-order valence-electron chi connectivity index (χ2n) is 6.10. The largest absolute Gasteiger partial charge is 0.444 e. The molecule has 2 amide bonds. The van der Waals surface area contributed by atoms with Crippen molar-refractivity contribution < 1.29 is 9.21 Å². The number of carbonyl (C=O) groups is 1. The zero-order chi connectivity index (χ0) is 18.5. The van der Waals surface area contributed by atoms with Crippen molar-refractivity contribution in [2.75, 3.05) is 11.9 Å². The van der Waals surface area contributed by atoms with Gasteiger partial charge in [-0.2, -0.15) is 0 Å². The number of rotatable bonds is 5. The van der Waals surface area contributed by atoms with Crippen LogP contribution in [0.15, 0.2) is 57.6 Å². The van der Waals surface area contributed by atoms with E-state index in [0.717, 1.165) is 27.0 Å². The van der Waals surface area contributed by atoms with Crippen LogP contribution in [-0.2, 0) is 6.42 Å². The maximum absolute atomic E-state index is 12.0. The molecule has 0 atom stereocenters.